The average molecular weight is 289 g/mol. The first-order chi connectivity index (χ1) is 9.43. The van der Waals surface area contributed by atoms with Gasteiger partial charge in [-0.2, -0.15) is 0 Å². The molecule has 0 fully saturated rings. The molecule has 0 atom stereocenters. The van der Waals surface area contributed by atoms with Gasteiger partial charge < -0.3 is 5.32 Å². The van der Waals surface area contributed by atoms with Crippen LogP contribution in [0, 0.1) is 0 Å². The van der Waals surface area contributed by atoms with Gasteiger partial charge in [-0.25, -0.2) is 4.98 Å². The van der Waals surface area contributed by atoms with Crippen LogP contribution < -0.4 is 5.32 Å². The van der Waals surface area contributed by atoms with Gasteiger partial charge in [0.2, 0.25) is 0 Å². The van der Waals surface area contributed by atoms with Gasteiger partial charge in [0.05, 0.1) is 11.2 Å². The lowest BCUT2D eigenvalue weighted by molar-refractivity contribution is 0.102. The van der Waals surface area contributed by atoms with E-state index in [0.717, 1.165) is 23.4 Å². The van der Waals surface area contributed by atoms with Crippen LogP contribution in [0.25, 0.3) is 0 Å². The molecule has 0 aliphatic heterocycles. The van der Waals surface area contributed by atoms with Gasteiger partial charge in [0, 0.05) is 23.5 Å². The molecule has 0 aliphatic rings. The van der Waals surface area contributed by atoms with Crippen molar-refractivity contribution >= 4 is 22.9 Å². The Morgan fingerprint density at radius 1 is 1.40 bits per heavy atom. The van der Waals surface area contributed by atoms with Crippen LogP contribution in [0.5, 0.6) is 0 Å². The van der Waals surface area contributed by atoms with Crippen molar-refractivity contribution < 1.29 is 4.79 Å². The number of rotatable bonds is 3. The van der Waals surface area contributed by atoms with Crippen LogP contribution in [0.1, 0.15) is 48.6 Å². The van der Waals surface area contributed by atoms with Gasteiger partial charge in [0.15, 0.2) is 0 Å². The van der Waals surface area contributed by atoms with E-state index in [-0.39, 0.29) is 11.3 Å². The third-order valence-corrected chi connectivity index (χ3v) is 3.84. The van der Waals surface area contributed by atoms with E-state index in [9.17, 15) is 4.79 Å². The summed E-state index contributed by atoms with van der Waals surface area (Å²) in [7, 11) is 0. The van der Waals surface area contributed by atoms with E-state index < -0.39 is 0 Å². The molecule has 2 rings (SSSR count). The molecular formula is C15H19N3OS. The fourth-order valence-electron chi connectivity index (χ4n) is 1.95. The Bertz CT molecular complexity index is 614. The molecule has 106 valence electrons. The standard InChI is InChI=1S/C15H19N3OS/c1-5-10-8-16-7-6-11(10)18-14(19)12-13(15(2,3)4)17-9-20-12/h6-9H,5H2,1-4H3,(H,16,18,19). The number of nitrogens with zero attached hydrogens (tertiary/aromatic N) is 2. The zero-order chi connectivity index (χ0) is 14.8. The lowest BCUT2D eigenvalue weighted by atomic mass is 9.91. The number of carbonyl (C=O) groups excluding carboxylic acids is 1. The topological polar surface area (TPSA) is 54.9 Å². The zero-order valence-corrected chi connectivity index (χ0v) is 13.0. The van der Waals surface area contributed by atoms with Crippen molar-refractivity contribution in [2.45, 2.75) is 39.5 Å². The molecule has 0 aromatic carbocycles. The Kier molecular flexibility index (Phi) is 4.18. The number of hydrogen-bond donors (Lipinski definition) is 1. The van der Waals surface area contributed by atoms with E-state index in [1.807, 2.05) is 13.0 Å². The third-order valence-electron chi connectivity index (χ3n) is 3.02. The SMILES string of the molecule is CCc1cnccc1NC(=O)c1scnc1C(C)(C)C. The van der Waals surface area contributed by atoms with Crippen LogP contribution in [0.2, 0.25) is 0 Å². The number of pyridine rings is 1. The quantitative estimate of drug-likeness (QED) is 0.938. The molecule has 0 radical (unpaired) electrons. The third kappa shape index (κ3) is 3.04. The van der Waals surface area contributed by atoms with E-state index in [1.165, 1.54) is 11.3 Å². The number of aromatic nitrogens is 2. The second-order valence-electron chi connectivity index (χ2n) is 5.62. The van der Waals surface area contributed by atoms with Crippen molar-refractivity contribution in [1.82, 2.24) is 9.97 Å². The Balaban J connectivity index is 2.27. The Morgan fingerprint density at radius 3 is 2.80 bits per heavy atom. The minimum absolute atomic E-state index is 0.0988. The normalized spacial score (nSPS) is 11.4. The monoisotopic (exact) mass is 289 g/mol. The van der Waals surface area contributed by atoms with Crippen LogP contribution in [0.3, 0.4) is 0 Å². The maximum atomic E-state index is 12.4. The second-order valence-corrected chi connectivity index (χ2v) is 6.48. The molecule has 1 amide bonds. The van der Waals surface area contributed by atoms with Crippen LogP contribution >= 0.6 is 11.3 Å². The van der Waals surface area contributed by atoms with Crippen molar-refractivity contribution in [3.05, 3.63) is 40.1 Å². The fourth-order valence-corrected chi connectivity index (χ4v) is 2.84. The highest BCUT2D eigenvalue weighted by Crippen LogP contribution is 2.28. The molecule has 2 aromatic heterocycles. The maximum Gasteiger partial charge on any atom is 0.267 e. The smallest absolute Gasteiger partial charge is 0.267 e. The molecule has 0 unspecified atom stereocenters. The highest BCUT2D eigenvalue weighted by atomic mass is 32.1. The van der Waals surface area contributed by atoms with E-state index in [1.54, 1.807) is 17.9 Å². The second kappa shape index (κ2) is 5.71. The number of hydrogen-bond acceptors (Lipinski definition) is 4. The summed E-state index contributed by atoms with van der Waals surface area (Å²) in [6.45, 7) is 8.22. The number of carbonyl (C=O) groups is 1. The number of amides is 1. The number of nitrogens with one attached hydrogen (secondary N) is 1. The van der Waals surface area contributed by atoms with E-state index in [4.69, 9.17) is 0 Å². The predicted octanol–water partition coefficient (Wildman–Crippen LogP) is 3.65. The van der Waals surface area contributed by atoms with E-state index in [2.05, 4.69) is 36.1 Å². The Hall–Kier alpha value is -1.75. The summed E-state index contributed by atoms with van der Waals surface area (Å²) in [5, 5.41) is 2.97. The zero-order valence-electron chi connectivity index (χ0n) is 12.2. The first-order valence-corrected chi connectivity index (χ1v) is 7.49. The van der Waals surface area contributed by atoms with Crippen LogP contribution in [-0.4, -0.2) is 15.9 Å². The number of aryl methyl sites for hydroxylation is 1. The molecule has 0 saturated carbocycles. The largest absolute Gasteiger partial charge is 0.321 e. The molecule has 0 aliphatic carbocycles. The van der Waals surface area contributed by atoms with E-state index in [0.29, 0.717) is 4.88 Å². The molecule has 0 spiro atoms. The summed E-state index contributed by atoms with van der Waals surface area (Å²) >= 11 is 1.38. The van der Waals surface area contributed by atoms with Crippen molar-refractivity contribution in [3.63, 3.8) is 0 Å². The highest BCUT2D eigenvalue weighted by molar-refractivity contribution is 7.12. The Labute approximate surface area is 123 Å². The molecule has 5 heteroatoms. The van der Waals surface area contributed by atoms with Crippen LogP contribution in [0.4, 0.5) is 5.69 Å². The van der Waals surface area contributed by atoms with Gasteiger partial charge in [-0.05, 0) is 18.1 Å². The minimum Gasteiger partial charge on any atom is -0.321 e. The van der Waals surface area contributed by atoms with Gasteiger partial charge in [0.25, 0.3) is 5.91 Å². The highest BCUT2D eigenvalue weighted by Gasteiger charge is 2.25. The lowest BCUT2D eigenvalue weighted by Gasteiger charge is -2.17. The molecule has 0 saturated heterocycles. The van der Waals surface area contributed by atoms with E-state index >= 15 is 0 Å². The summed E-state index contributed by atoms with van der Waals surface area (Å²) in [5.41, 5.74) is 4.27. The first kappa shape index (κ1) is 14.7. The Morgan fingerprint density at radius 2 is 2.15 bits per heavy atom. The van der Waals surface area contributed by atoms with Gasteiger partial charge in [0.1, 0.15) is 4.88 Å². The van der Waals surface area contributed by atoms with Crippen molar-refractivity contribution in [2.24, 2.45) is 0 Å². The van der Waals surface area contributed by atoms with Gasteiger partial charge >= 0.3 is 0 Å². The van der Waals surface area contributed by atoms with Crippen molar-refractivity contribution in [3.8, 4) is 0 Å². The predicted molar refractivity (Wildman–Crippen MR) is 82.4 cm³/mol. The van der Waals surface area contributed by atoms with Gasteiger partial charge in [-0.15, -0.1) is 11.3 Å². The van der Waals surface area contributed by atoms with Crippen molar-refractivity contribution in [1.29, 1.82) is 0 Å². The van der Waals surface area contributed by atoms with Gasteiger partial charge in [-0.3, -0.25) is 9.78 Å². The first-order valence-electron chi connectivity index (χ1n) is 6.61. The fraction of sp³-hybridized carbons (Fsp3) is 0.400. The summed E-state index contributed by atoms with van der Waals surface area (Å²) < 4.78 is 0. The summed E-state index contributed by atoms with van der Waals surface area (Å²) in [4.78, 5) is 21.5. The number of thiazole rings is 1. The summed E-state index contributed by atoms with van der Waals surface area (Å²) in [6.07, 6.45) is 4.30. The van der Waals surface area contributed by atoms with Crippen LogP contribution in [0.15, 0.2) is 24.0 Å². The summed E-state index contributed by atoms with van der Waals surface area (Å²) in [6, 6.07) is 1.83. The van der Waals surface area contributed by atoms with Crippen LogP contribution in [-0.2, 0) is 11.8 Å². The van der Waals surface area contributed by atoms with Crippen molar-refractivity contribution in [2.75, 3.05) is 5.32 Å². The lowest BCUT2D eigenvalue weighted by Crippen LogP contribution is -2.20. The maximum absolute atomic E-state index is 12.4. The van der Waals surface area contributed by atoms with Gasteiger partial charge in [-0.1, -0.05) is 27.7 Å². The summed E-state index contributed by atoms with van der Waals surface area (Å²) in [5.74, 6) is -0.0988. The minimum atomic E-state index is -0.140. The number of anilines is 1. The molecule has 4 nitrogen and oxygen atoms in total. The molecular weight excluding hydrogens is 270 g/mol. The molecule has 1 N–H and O–H groups in total. The molecule has 20 heavy (non-hydrogen) atoms. The average Bonchev–Trinajstić information content (AvgIpc) is 2.88. The molecule has 0 bridgehead atoms. The molecule has 2 heterocycles. The molecule has 2 aromatic rings.